The molecule has 47 heavy (non-hydrogen) atoms. The number of benzene rings is 5. The van der Waals surface area contributed by atoms with Crippen molar-refractivity contribution in [3.8, 4) is 67.5 Å². The first-order valence-corrected chi connectivity index (χ1v) is 16.1. The Morgan fingerprint density at radius 3 is 1.64 bits per heavy atom. The molecule has 1 aliphatic rings. The van der Waals surface area contributed by atoms with E-state index < -0.39 is 0 Å². The lowest BCUT2D eigenvalue weighted by Gasteiger charge is -2.22. The Balaban J connectivity index is 1.19. The van der Waals surface area contributed by atoms with Gasteiger partial charge in [-0.2, -0.15) is 0 Å². The van der Waals surface area contributed by atoms with Crippen LogP contribution in [0.2, 0.25) is 0 Å². The number of fused-ring (bicyclic) bond motifs is 3. The van der Waals surface area contributed by atoms with Gasteiger partial charge in [0.1, 0.15) is 0 Å². The van der Waals surface area contributed by atoms with Crippen LogP contribution in [0.25, 0.3) is 67.5 Å². The average Bonchev–Trinajstić information content (AvgIpc) is 3.34. The normalized spacial score (nSPS) is 12.9. The summed E-state index contributed by atoms with van der Waals surface area (Å²) in [5, 5.41) is 0. The molecule has 0 N–H and O–H groups in total. The van der Waals surface area contributed by atoms with Gasteiger partial charge in [0.2, 0.25) is 0 Å². The van der Waals surface area contributed by atoms with Gasteiger partial charge in [0.15, 0.2) is 17.5 Å². The molecule has 0 saturated carbocycles. The highest BCUT2D eigenvalue weighted by Gasteiger charge is 2.35. The molecule has 4 nitrogen and oxygen atoms in total. The minimum absolute atomic E-state index is 0.0386. The third kappa shape index (κ3) is 5.12. The van der Waals surface area contributed by atoms with Crippen LogP contribution in [0.5, 0.6) is 0 Å². The number of hydrogen-bond donors (Lipinski definition) is 0. The minimum Gasteiger partial charge on any atom is -0.258 e. The van der Waals surface area contributed by atoms with Crippen LogP contribution < -0.4 is 0 Å². The molecule has 0 unspecified atom stereocenters. The lowest BCUT2D eigenvalue weighted by Crippen LogP contribution is -2.14. The minimum atomic E-state index is -0.0386. The Morgan fingerprint density at radius 1 is 0.383 bits per heavy atom. The standard InChI is InChI=1S/C43H34N4/c1-27-20-22-35(28(2)44-27)42-46-40(29-12-6-5-7-13-29)45-41(47-42)34-17-11-16-32(25-34)30-14-10-15-31(24-30)33-21-23-37-36-18-8-9-19-38(36)43(3,4)39(37)26-33/h5-26H,1-4H3. The molecule has 0 spiro atoms. The van der Waals surface area contributed by atoms with Crippen molar-refractivity contribution in [1.82, 2.24) is 19.9 Å². The van der Waals surface area contributed by atoms with Crippen LogP contribution in [-0.4, -0.2) is 19.9 Å². The third-order valence-corrected chi connectivity index (χ3v) is 9.37. The van der Waals surface area contributed by atoms with E-state index >= 15 is 0 Å². The van der Waals surface area contributed by atoms with E-state index in [1.54, 1.807) is 0 Å². The van der Waals surface area contributed by atoms with Crippen molar-refractivity contribution in [2.45, 2.75) is 33.1 Å². The first-order chi connectivity index (χ1) is 22.8. The van der Waals surface area contributed by atoms with Gasteiger partial charge in [0, 0.05) is 33.5 Å². The van der Waals surface area contributed by atoms with Gasteiger partial charge in [-0.15, -0.1) is 0 Å². The Hall–Kier alpha value is -5.74. The van der Waals surface area contributed by atoms with Gasteiger partial charge in [-0.3, -0.25) is 4.98 Å². The molecule has 2 aromatic heterocycles. The van der Waals surface area contributed by atoms with Gasteiger partial charge < -0.3 is 0 Å². The highest BCUT2D eigenvalue weighted by Crippen LogP contribution is 2.49. The van der Waals surface area contributed by atoms with E-state index in [4.69, 9.17) is 15.0 Å². The van der Waals surface area contributed by atoms with Gasteiger partial charge in [-0.25, -0.2) is 15.0 Å². The first kappa shape index (κ1) is 28.7. The first-order valence-electron chi connectivity index (χ1n) is 16.1. The fourth-order valence-corrected chi connectivity index (χ4v) is 6.86. The lowest BCUT2D eigenvalue weighted by atomic mass is 9.81. The molecular weight excluding hydrogens is 573 g/mol. The molecule has 0 saturated heterocycles. The van der Waals surface area contributed by atoms with Crippen molar-refractivity contribution in [1.29, 1.82) is 0 Å². The van der Waals surface area contributed by atoms with Crippen molar-refractivity contribution in [2.24, 2.45) is 0 Å². The molecule has 7 aromatic rings. The molecular formula is C43H34N4. The fraction of sp³-hybridized carbons (Fsp3) is 0.116. The van der Waals surface area contributed by atoms with Crippen molar-refractivity contribution >= 4 is 0 Å². The second-order valence-corrected chi connectivity index (χ2v) is 12.9. The van der Waals surface area contributed by atoms with Crippen LogP contribution in [0.15, 0.2) is 133 Å². The van der Waals surface area contributed by atoms with E-state index in [9.17, 15) is 0 Å². The van der Waals surface area contributed by atoms with Crippen molar-refractivity contribution in [3.63, 3.8) is 0 Å². The van der Waals surface area contributed by atoms with E-state index in [2.05, 4.69) is 110 Å². The molecule has 0 fully saturated rings. The number of pyridine rings is 1. The molecule has 0 radical (unpaired) electrons. The fourth-order valence-electron chi connectivity index (χ4n) is 6.86. The predicted molar refractivity (Wildman–Crippen MR) is 192 cm³/mol. The number of nitrogens with zero attached hydrogens (tertiary/aromatic N) is 4. The summed E-state index contributed by atoms with van der Waals surface area (Å²) >= 11 is 0. The zero-order chi connectivity index (χ0) is 32.1. The number of aryl methyl sites for hydroxylation is 2. The Kier molecular flexibility index (Phi) is 6.87. The summed E-state index contributed by atoms with van der Waals surface area (Å²) in [5.74, 6) is 1.89. The molecule has 0 aliphatic heterocycles. The van der Waals surface area contributed by atoms with Gasteiger partial charge in [0.25, 0.3) is 0 Å². The van der Waals surface area contributed by atoms with Crippen LogP contribution in [0.4, 0.5) is 0 Å². The summed E-state index contributed by atoms with van der Waals surface area (Å²) in [4.78, 5) is 19.5. The topological polar surface area (TPSA) is 51.6 Å². The van der Waals surface area contributed by atoms with Crippen LogP contribution in [-0.2, 0) is 5.41 Å². The molecule has 226 valence electrons. The molecule has 0 bridgehead atoms. The smallest absolute Gasteiger partial charge is 0.165 e. The maximum atomic E-state index is 4.99. The average molecular weight is 607 g/mol. The van der Waals surface area contributed by atoms with Gasteiger partial charge in [-0.05, 0) is 88.7 Å². The number of rotatable bonds is 5. The maximum absolute atomic E-state index is 4.99. The molecule has 1 aliphatic carbocycles. The second-order valence-electron chi connectivity index (χ2n) is 12.9. The lowest BCUT2D eigenvalue weighted by molar-refractivity contribution is 0.660. The van der Waals surface area contributed by atoms with Crippen LogP contribution in [0, 0.1) is 13.8 Å². The van der Waals surface area contributed by atoms with Crippen LogP contribution in [0.1, 0.15) is 36.4 Å². The monoisotopic (exact) mass is 606 g/mol. The molecule has 8 rings (SSSR count). The summed E-state index contributed by atoms with van der Waals surface area (Å²) in [6, 6.07) is 47.1. The zero-order valence-electron chi connectivity index (χ0n) is 27.0. The molecule has 2 heterocycles. The Morgan fingerprint density at radius 2 is 0.915 bits per heavy atom. The quantitative estimate of drug-likeness (QED) is 0.196. The van der Waals surface area contributed by atoms with E-state index in [1.807, 2.05) is 56.3 Å². The van der Waals surface area contributed by atoms with Gasteiger partial charge >= 0.3 is 0 Å². The molecule has 5 aromatic carbocycles. The molecule has 0 amide bonds. The summed E-state index contributed by atoms with van der Waals surface area (Å²) in [7, 11) is 0. The SMILES string of the molecule is Cc1ccc(-c2nc(-c3ccccc3)nc(-c3cccc(-c4cccc(-c5ccc6c(c5)C(C)(C)c5ccccc5-6)c4)c3)n2)c(C)n1. The second kappa shape index (κ2) is 11.3. The maximum Gasteiger partial charge on any atom is 0.165 e. The van der Waals surface area contributed by atoms with Crippen molar-refractivity contribution in [3.05, 3.63) is 156 Å². The number of hydrogen-bond acceptors (Lipinski definition) is 4. The highest BCUT2D eigenvalue weighted by molar-refractivity contribution is 5.84. The molecule has 4 heteroatoms. The Labute approximate surface area is 275 Å². The zero-order valence-corrected chi connectivity index (χ0v) is 27.0. The van der Waals surface area contributed by atoms with Crippen LogP contribution in [0.3, 0.4) is 0 Å². The summed E-state index contributed by atoms with van der Waals surface area (Å²) in [6.07, 6.45) is 0. The predicted octanol–water partition coefficient (Wildman–Crippen LogP) is 10.5. The highest BCUT2D eigenvalue weighted by atomic mass is 15.0. The summed E-state index contributed by atoms with van der Waals surface area (Å²) < 4.78 is 0. The van der Waals surface area contributed by atoms with Gasteiger partial charge in [0.05, 0.1) is 0 Å². The van der Waals surface area contributed by atoms with Crippen LogP contribution >= 0.6 is 0 Å². The summed E-state index contributed by atoms with van der Waals surface area (Å²) in [5.41, 5.74) is 14.7. The van der Waals surface area contributed by atoms with E-state index in [0.29, 0.717) is 17.5 Å². The van der Waals surface area contributed by atoms with Gasteiger partial charge in [-0.1, -0.05) is 117 Å². The Bertz CT molecular complexity index is 2300. The van der Waals surface area contributed by atoms with E-state index in [1.165, 1.54) is 33.4 Å². The molecule has 0 atom stereocenters. The summed E-state index contributed by atoms with van der Waals surface area (Å²) in [6.45, 7) is 8.66. The van der Waals surface area contributed by atoms with E-state index in [-0.39, 0.29) is 5.41 Å². The van der Waals surface area contributed by atoms with Crippen molar-refractivity contribution in [2.75, 3.05) is 0 Å². The van der Waals surface area contributed by atoms with Crippen molar-refractivity contribution < 1.29 is 0 Å². The van der Waals surface area contributed by atoms with E-state index in [0.717, 1.165) is 39.2 Å². The largest absolute Gasteiger partial charge is 0.258 e. The third-order valence-electron chi connectivity index (χ3n) is 9.37. The number of aromatic nitrogens is 4.